The van der Waals surface area contributed by atoms with Crippen molar-refractivity contribution in [1.82, 2.24) is 5.43 Å². The molecule has 3 N–H and O–H groups in total. The summed E-state index contributed by atoms with van der Waals surface area (Å²) < 4.78 is 18.6. The molecule has 7 heteroatoms. The number of hydrogen-bond donors (Lipinski definition) is 2. The van der Waals surface area contributed by atoms with Crippen LogP contribution in [-0.4, -0.2) is 12.2 Å². The maximum atomic E-state index is 13.0. The summed E-state index contributed by atoms with van der Waals surface area (Å²) in [4.78, 5) is 10.5. The van der Waals surface area contributed by atoms with Gasteiger partial charge in [-0.2, -0.15) is 5.10 Å². The van der Waals surface area contributed by atoms with Gasteiger partial charge in [0.1, 0.15) is 18.2 Å². The zero-order valence-corrected chi connectivity index (χ0v) is 12.2. The highest BCUT2D eigenvalue weighted by molar-refractivity contribution is 6.30. The van der Waals surface area contributed by atoms with Crippen LogP contribution in [0.3, 0.4) is 0 Å². The third-order valence-corrected chi connectivity index (χ3v) is 2.95. The van der Waals surface area contributed by atoms with Crippen molar-refractivity contribution in [2.45, 2.75) is 6.61 Å². The summed E-state index contributed by atoms with van der Waals surface area (Å²) >= 11 is 5.70. The van der Waals surface area contributed by atoms with Crippen LogP contribution in [0.15, 0.2) is 47.6 Å². The van der Waals surface area contributed by atoms with Crippen LogP contribution >= 0.6 is 11.6 Å². The largest absolute Gasteiger partial charge is 0.489 e. The Morgan fingerprint density at radius 2 is 2.05 bits per heavy atom. The van der Waals surface area contributed by atoms with Crippen molar-refractivity contribution >= 4 is 23.8 Å². The SMILES string of the molecule is NC(=O)NN=Cc1ccc(OCc2ccc(F)c(Cl)c2)cc1. The van der Waals surface area contributed by atoms with Gasteiger partial charge in [0, 0.05) is 0 Å². The number of carbonyl (C=O) groups is 1. The second kappa shape index (κ2) is 7.42. The predicted octanol–water partition coefficient (Wildman–Crippen LogP) is 3.06. The Balaban J connectivity index is 1.92. The lowest BCUT2D eigenvalue weighted by Crippen LogP contribution is -2.24. The number of halogens is 2. The molecule has 0 radical (unpaired) electrons. The molecule has 0 fully saturated rings. The Morgan fingerprint density at radius 1 is 1.32 bits per heavy atom. The van der Waals surface area contributed by atoms with Crippen LogP contribution in [0.4, 0.5) is 9.18 Å². The van der Waals surface area contributed by atoms with Gasteiger partial charge < -0.3 is 10.5 Å². The minimum Gasteiger partial charge on any atom is -0.489 e. The number of nitrogens with one attached hydrogen (secondary N) is 1. The van der Waals surface area contributed by atoms with Crippen LogP contribution < -0.4 is 15.9 Å². The molecule has 0 atom stereocenters. The Hall–Kier alpha value is -2.60. The average molecular weight is 322 g/mol. The highest BCUT2D eigenvalue weighted by Gasteiger charge is 2.02. The zero-order chi connectivity index (χ0) is 15.9. The number of hydrazone groups is 1. The second-order valence-electron chi connectivity index (χ2n) is 4.34. The van der Waals surface area contributed by atoms with Gasteiger partial charge >= 0.3 is 6.03 Å². The molecule has 0 bridgehead atoms. The number of amides is 2. The minimum atomic E-state index is -0.728. The monoisotopic (exact) mass is 321 g/mol. The van der Waals surface area contributed by atoms with Gasteiger partial charge in [0.2, 0.25) is 0 Å². The van der Waals surface area contributed by atoms with Gasteiger partial charge in [-0.3, -0.25) is 0 Å². The van der Waals surface area contributed by atoms with E-state index in [0.29, 0.717) is 5.75 Å². The first-order valence-corrected chi connectivity index (χ1v) is 6.67. The molecule has 0 saturated heterocycles. The molecule has 0 heterocycles. The van der Waals surface area contributed by atoms with Gasteiger partial charge in [-0.25, -0.2) is 14.6 Å². The lowest BCUT2D eigenvalue weighted by molar-refractivity contribution is 0.249. The fourth-order valence-corrected chi connectivity index (χ4v) is 1.82. The van der Waals surface area contributed by atoms with Crippen molar-refractivity contribution in [3.05, 3.63) is 64.4 Å². The summed E-state index contributed by atoms with van der Waals surface area (Å²) in [5.41, 5.74) is 8.51. The third kappa shape index (κ3) is 4.75. The summed E-state index contributed by atoms with van der Waals surface area (Å²) in [6.45, 7) is 0.274. The third-order valence-electron chi connectivity index (χ3n) is 2.66. The van der Waals surface area contributed by atoms with Gasteiger partial charge in [-0.15, -0.1) is 0 Å². The molecule has 0 aliphatic rings. The molecule has 114 valence electrons. The van der Waals surface area contributed by atoms with E-state index in [2.05, 4.69) is 10.5 Å². The van der Waals surface area contributed by atoms with E-state index >= 15 is 0 Å². The minimum absolute atomic E-state index is 0.0645. The van der Waals surface area contributed by atoms with Crippen LogP contribution in [0.25, 0.3) is 0 Å². The van der Waals surface area contributed by atoms with E-state index in [-0.39, 0.29) is 11.6 Å². The van der Waals surface area contributed by atoms with Gasteiger partial charge in [0.25, 0.3) is 0 Å². The molecule has 0 aromatic heterocycles. The molecule has 0 aliphatic carbocycles. The Bertz CT molecular complexity index is 690. The van der Waals surface area contributed by atoms with Crippen LogP contribution in [0.1, 0.15) is 11.1 Å². The van der Waals surface area contributed by atoms with Crippen molar-refractivity contribution < 1.29 is 13.9 Å². The van der Waals surface area contributed by atoms with Gasteiger partial charge in [0.05, 0.1) is 11.2 Å². The molecular weight excluding hydrogens is 309 g/mol. The molecule has 5 nitrogen and oxygen atoms in total. The summed E-state index contributed by atoms with van der Waals surface area (Å²) in [7, 11) is 0. The number of nitrogens with zero attached hydrogens (tertiary/aromatic N) is 1. The van der Waals surface area contributed by atoms with Crippen LogP contribution in [-0.2, 0) is 6.61 Å². The highest BCUT2D eigenvalue weighted by Crippen LogP contribution is 2.18. The molecule has 22 heavy (non-hydrogen) atoms. The second-order valence-corrected chi connectivity index (χ2v) is 4.75. The standard InChI is InChI=1S/C15H13ClFN3O2/c16-13-7-11(3-6-14(13)17)9-22-12-4-1-10(2-5-12)8-19-20-15(18)21/h1-8H,9H2,(H3,18,20,21). The molecule has 0 spiro atoms. The first-order valence-electron chi connectivity index (χ1n) is 6.30. The summed E-state index contributed by atoms with van der Waals surface area (Å²) in [5, 5.41) is 3.71. The van der Waals surface area contributed by atoms with Crippen LogP contribution in [0.5, 0.6) is 5.75 Å². The number of nitrogens with two attached hydrogens (primary N) is 1. The topological polar surface area (TPSA) is 76.7 Å². The number of urea groups is 1. The lowest BCUT2D eigenvalue weighted by Gasteiger charge is -2.07. The number of primary amides is 1. The predicted molar refractivity (Wildman–Crippen MR) is 82.5 cm³/mol. The molecular formula is C15H13ClFN3O2. The normalized spacial score (nSPS) is 10.6. The first kappa shape index (κ1) is 15.8. The molecule has 2 amide bonds. The van der Waals surface area contributed by atoms with E-state index in [4.69, 9.17) is 22.1 Å². The molecule has 2 aromatic carbocycles. The van der Waals surface area contributed by atoms with Gasteiger partial charge in [-0.05, 0) is 47.5 Å². The summed E-state index contributed by atoms with van der Waals surface area (Å²) in [6.07, 6.45) is 1.45. The maximum Gasteiger partial charge on any atom is 0.332 e. The van der Waals surface area contributed by atoms with Crippen molar-refractivity contribution in [2.24, 2.45) is 10.8 Å². The van der Waals surface area contributed by atoms with Crippen molar-refractivity contribution in [3.8, 4) is 5.75 Å². The molecule has 2 aromatic rings. The van der Waals surface area contributed by atoms with Gasteiger partial charge in [0.15, 0.2) is 0 Å². The Morgan fingerprint density at radius 3 is 2.68 bits per heavy atom. The number of hydrogen-bond acceptors (Lipinski definition) is 3. The molecule has 0 aliphatic heterocycles. The first-order chi connectivity index (χ1) is 10.5. The van der Waals surface area contributed by atoms with E-state index in [1.807, 2.05) is 0 Å². The zero-order valence-electron chi connectivity index (χ0n) is 11.4. The number of ether oxygens (including phenoxy) is 1. The van der Waals surface area contributed by atoms with E-state index in [9.17, 15) is 9.18 Å². The number of carbonyl (C=O) groups excluding carboxylic acids is 1. The highest BCUT2D eigenvalue weighted by atomic mass is 35.5. The smallest absolute Gasteiger partial charge is 0.332 e. The molecule has 0 unspecified atom stereocenters. The lowest BCUT2D eigenvalue weighted by atomic mass is 10.2. The summed E-state index contributed by atoms with van der Waals surface area (Å²) in [5.74, 6) is 0.180. The average Bonchev–Trinajstić information content (AvgIpc) is 2.49. The summed E-state index contributed by atoms with van der Waals surface area (Å²) in [6, 6.07) is 10.7. The van der Waals surface area contributed by atoms with Crippen molar-refractivity contribution in [1.29, 1.82) is 0 Å². The van der Waals surface area contributed by atoms with E-state index in [0.717, 1.165) is 11.1 Å². The van der Waals surface area contributed by atoms with E-state index < -0.39 is 11.8 Å². The van der Waals surface area contributed by atoms with E-state index in [1.54, 1.807) is 30.3 Å². The Kier molecular flexibility index (Phi) is 5.32. The van der Waals surface area contributed by atoms with Crippen molar-refractivity contribution in [3.63, 3.8) is 0 Å². The maximum absolute atomic E-state index is 13.0. The molecule has 0 saturated carbocycles. The van der Waals surface area contributed by atoms with Crippen LogP contribution in [0.2, 0.25) is 5.02 Å². The van der Waals surface area contributed by atoms with Gasteiger partial charge in [-0.1, -0.05) is 17.7 Å². The quantitative estimate of drug-likeness (QED) is 0.656. The molecule has 2 rings (SSSR count). The fourth-order valence-electron chi connectivity index (χ4n) is 1.62. The fraction of sp³-hybridized carbons (Fsp3) is 0.0667. The van der Waals surface area contributed by atoms with Crippen LogP contribution in [0, 0.1) is 5.82 Å². The number of benzene rings is 2. The van der Waals surface area contributed by atoms with Crippen molar-refractivity contribution in [2.75, 3.05) is 0 Å². The van der Waals surface area contributed by atoms with E-state index in [1.165, 1.54) is 18.3 Å². The Labute approximate surface area is 131 Å². The number of rotatable bonds is 5.